The van der Waals surface area contributed by atoms with E-state index in [-0.39, 0.29) is 19.4 Å². The lowest BCUT2D eigenvalue weighted by atomic mass is 9.99. The zero-order chi connectivity index (χ0) is 54.0. The molecule has 6 N–H and O–H groups in total. The van der Waals surface area contributed by atoms with E-state index in [0.29, 0.717) is 12.8 Å². The quantitative estimate of drug-likeness (QED) is 0.0195. The Morgan fingerprint density at radius 2 is 0.973 bits per heavy atom. The molecule has 74 heavy (non-hydrogen) atoms. The molecule has 11 nitrogen and oxygen atoms in total. The standard InChI is InChI=1S/C63H107NO10/c1-4-7-10-13-16-19-22-25-27-28-29-30-32-35-38-41-44-47-50-56(67)62(71)64-54(55(66)49-46-43-40-37-34-31-24-21-18-15-12-9-6-3)53-72-63-61(60(70)59(69)57(52-65)73-63)74-58(68)51-48-45-42-39-36-33-26-23-20-17-14-11-8-5-2/h7-8,10-11,16-17,19-20,25,27,29-30,35,38,46,49,54-57,59-61,63,65-67,69-70H,4-6,9,12-15,18,21-24,26,28,31-34,36-37,39-45,47-48,50-53H2,1-3H3,(H,64,71)/b10-7-,11-8+,19-16-,20-17+,27-25-,30-29-,38-35-,49-46+. The molecule has 0 aromatic rings. The molecule has 0 saturated carbocycles. The Morgan fingerprint density at radius 3 is 1.46 bits per heavy atom. The summed E-state index contributed by atoms with van der Waals surface area (Å²) in [6.07, 6.45) is 55.9. The SMILES string of the molecule is CC/C=C\C/C=C\C/C=C\C/C=C\C/C=C\CCCCC(O)C(=O)NC(COC1OC(CO)C(O)C(O)C1OC(=O)CCCCCCCCC/C=C/C/C=C/CC)C(O)/C=C/CCCCCCCCCCCCC. The minimum absolute atomic E-state index is 0.105. The Balaban J connectivity index is 2.76. The Morgan fingerprint density at radius 1 is 0.541 bits per heavy atom. The maximum Gasteiger partial charge on any atom is 0.306 e. The molecular weight excluding hydrogens is 931 g/mol. The second-order valence-electron chi connectivity index (χ2n) is 20.0. The van der Waals surface area contributed by atoms with Gasteiger partial charge in [-0.15, -0.1) is 0 Å². The maximum absolute atomic E-state index is 13.4. The summed E-state index contributed by atoms with van der Waals surface area (Å²) in [4.78, 5) is 26.5. The number of amides is 1. The molecule has 11 heteroatoms. The van der Waals surface area contributed by atoms with Crippen molar-refractivity contribution in [1.82, 2.24) is 5.32 Å². The number of carbonyl (C=O) groups excluding carboxylic acids is 2. The number of allylic oxidation sites excluding steroid dienone is 15. The highest BCUT2D eigenvalue weighted by Gasteiger charge is 2.47. The molecule has 424 valence electrons. The molecule has 0 aromatic carbocycles. The molecule has 1 aliphatic rings. The van der Waals surface area contributed by atoms with E-state index in [1.54, 1.807) is 6.08 Å². The molecule has 0 radical (unpaired) electrons. The van der Waals surface area contributed by atoms with Crippen molar-refractivity contribution in [3.8, 4) is 0 Å². The fraction of sp³-hybridized carbons (Fsp3) is 0.714. The average molecular weight is 1040 g/mol. The van der Waals surface area contributed by atoms with Gasteiger partial charge in [-0.1, -0.05) is 221 Å². The number of esters is 1. The fourth-order valence-electron chi connectivity index (χ4n) is 8.60. The first-order chi connectivity index (χ1) is 36.2. The highest BCUT2D eigenvalue weighted by molar-refractivity contribution is 5.80. The number of unbranched alkanes of at least 4 members (excludes halogenated alkanes) is 20. The fourth-order valence-corrected chi connectivity index (χ4v) is 8.60. The van der Waals surface area contributed by atoms with Crippen molar-refractivity contribution >= 4 is 11.9 Å². The molecule has 0 aromatic heterocycles. The molecule has 1 aliphatic heterocycles. The van der Waals surface area contributed by atoms with Crippen molar-refractivity contribution in [3.63, 3.8) is 0 Å². The summed E-state index contributed by atoms with van der Waals surface area (Å²) in [6.45, 7) is 5.53. The number of aliphatic hydroxyl groups is 5. The van der Waals surface area contributed by atoms with Crippen molar-refractivity contribution < 1.29 is 49.3 Å². The Labute approximate surface area is 450 Å². The van der Waals surface area contributed by atoms with Gasteiger partial charge in [0.2, 0.25) is 5.91 Å². The molecule has 1 fully saturated rings. The largest absolute Gasteiger partial charge is 0.454 e. The zero-order valence-electron chi connectivity index (χ0n) is 46.7. The summed E-state index contributed by atoms with van der Waals surface area (Å²) < 4.78 is 17.6. The van der Waals surface area contributed by atoms with E-state index in [2.05, 4.69) is 111 Å². The third kappa shape index (κ3) is 38.2. The van der Waals surface area contributed by atoms with Crippen LogP contribution in [0.1, 0.15) is 226 Å². The summed E-state index contributed by atoms with van der Waals surface area (Å²) in [5.74, 6) is -1.24. The van der Waals surface area contributed by atoms with Crippen LogP contribution < -0.4 is 5.32 Å². The minimum atomic E-state index is -1.63. The number of hydrogen-bond acceptors (Lipinski definition) is 10. The molecule has 1 heterocycles. The first-order valence-electron chi connectivity index (χ1n) is 29.5. The number of hydrogen-bond donors (Lipinski definition) is 6. The van der Waals surface area contributed by atoms with Crippen LogP contribution in [0.25, 0.3) is 0 Å². The number of ether oxygens (including phenoxy) is 3. The summed E-state index contributed by atoms with van der Waals surface area (Å²) in [7, 11) is 0. The van der Waals surface area contributed by atoms with Crippen LogP contribution in [0.4, 0.5) is 0 Å². The number of carbonyl (C=O) groups is 2. The minimum Gasteiger partial charge on any atom is -0.454 e. The topological polar surface area (TPSA) is 175 Å². The number of rotatable bonds is 48. The smallest absolute Gasteiger partial charge is 0.306 e. The Bertz CT molecular complexity index is 1570. The maximum atomic E-state index is 13.4. The van der Waals surface area contributed by atoms with Gasteiger partial charge in [-0.05, 0) is 96.3 Å². The molecule has 1 rings (SSSR count). The van der Waals surface area contributed by atoms with Gasteiger partial charge >= 0.3 is 5.97 Å². The van der Waals surface area contributed by atoms with Crippen LogP contribution in [0.2, 0.25) is 0 Å². The molecule has 0 aliphatic carbocycles. The van der Waals surface area contributed by atoms with Crippen LogP contribution >= 0.6 is 0 Å². The van der Waals surface area contributed by atoms with Crippen LogP contribution in [0, 0.1) is 0 Å². The van der Waals surface area contributed by atoms with Crippen molar-refractivity contribution in [2.75, 3.05) is 13.2 Å². The molecular formula is C63H107NO10. The van der Waals surface area contributed by atoms with Crippen LogP contribution in [0.15, 0.2) is 97.2 Å². The van der Waals surface area contributed by atoms with Crippen LogP contribution in [-0.4, -0.2) is 99.6 Å². The van der Waals surface area contributed by atoms with Gasteiger partial charge in [-0.25, -0.2) is 0 Å². The Kier molecular flexibility index (Phi) is 46.7. The molecule has 0 spiro atoms. The predicted molar refractivity (Wildman–Crippen MR) is 305 cm³/mol. The molecule has 1 amide bonds. The third-order valence-electron chi connectivity index (χ3n) is 13.2. The van der Waals surface area contributed by atoms with Gasteiger partial charge in [0.1, 0.15) is 24.4 Å². The van der Waals surface area contributed by atoms with Gasteiger partial charge in [0, 0.05) is 6.42 Å². The second-order valence-corrected chi connectivity index (χ2v) is 20.0. The average Bonchev–Trinajstić information content (AvgIpc) is 3.40. The third-order valence-corrected chi connectivity index (χ3v) is 13.2. The van der Waals surface area contributed by atoms with E-state index in [1.165, 1.54) is 57.8 Å². The molecule has 8 unspecified atom stereocenters. The predicted octanol–water partition coefficient (Wildman–Crippen LogP) is 13.6. The number of nitrogens with one attached hydrogen (secondary N) is 1. The van der Waals surface area contributed by atoms with Crippen LogP contribution in [0.5, 0.6) is 0 Å². The van der Waals surface area contributed by atoms with Crippen molar-refractivity contribution in [3.05, 3.63) is 97.2 Å². The van der Waals surface area contributed by atoms with Gasteiger partial charge < -0.3 is 45.1 Å². The van der Waals surface area contributed by atoms with Crippen LogP contribution in [-0.2, 0) is 23.8 Å². The number of aliphatic hydroxyl groups excluding tert-OH is 5. The van der Waals surface area contributed by atoms with Gasteiger partial charge in [-0.2, -0.15) is 0 Å². The van der Waals surface area contributed by atoms with Gasteiger partial charge in [0.05, 0.1) is 25.4 Å². The summed E-state index contributed by atoms with van der Waals surface area (Å²) >= 11 is 0. The lowest BCUT2D eigenvalue weighted by Crippen LogP contribution is -2.61. The molecule has 8 atom stereocenters. The second kappa shape index (κ2) is 50.4. The normalized spacial score (nSPS) is 20.0. The lowest BCUT2D eigenvalue weighted by Gasteiger charge is -2.41. The summed E-state index contributed by atoms with van der Waals surface area (Å²) in [5.41, 5.74) is 0. The van der Waals surface area contributed by atoms with Gasteiger partial charge in [0.15, 0.2) is 12.4 Å². The summed E-state index contributed by atoms with van der Waals surface area (Å²) in [6, 6.07) is -1.05. The zero-order valence-corrected chi connectivity index (χ0v) is 46.7. The van der Waals surface area contributed by atoms with Gasteiger partial charge in [-0.3, -0.25) is 9.59 Å². The highest BCUT2D eigenvalue weighted by Crippen LogP contribution is 2.26. The van der Waals surface area contributed by atoms with Crippen molar-refractivity contribution in [1.29, 1.82) is 0 Å². The Hall–Kier alpha value is -3.42. The highest BCUT2D eigenvalue weighted by atomic mass is 16.7. The summed E-state index contributed by atoms with van der Waals surface area (Å²) in [5, 5.41) is 56.9. The lowest BCUT2D eigenvalue weighted by molar-refractivity contribution is -0.305. The van der Waals surface area contributed by atoms with E-state index in [9.17, 15) is 35.1 Å². The monoisotopic (exact) mass is 1040 g/mol. The molecule has 1 saturated heterocycles. The van der Waals surface area contributed by atoms with E-state index < -0.39 is 67.4 Å². The van der Waals surface area contributed by atoms with Crippen molar-refractivity contribution in [2.45, 2.75) is 275 Å². The first kappa shape index (κ1) is 68.6. The van der Waals surface area contributed by atoms with Gasteiger partial charge in [0.25, 0.3) is 0 Å². The van der Waals surface area contributed by atoms with E-state index >= 15 is 0 Å². The van der Waals surface area contributed by atoms with Crippen molar-refractivity contribution in [2.24, 2.45) is 0 Å². The van der Waals surface area contributed by atoms with E-state index in [4.69, 9.17) is 14.2 Å². The first-order valence-corrected chi connectivity index (χ1v) is 29.5. The molecule has 0 bridgehead atoms. The van der Waals surface area contributed by atoms with E-state index in [0.717, 1.165) is 122 Å². The van der Waals surface area contributed by atoms with E-state index in [1.807, 2.05) is 6.08 Å². The van der Waals surface area contributed by atoms with Crippen LogP contribution in [0.3, 0.4) is 0 Å².